The largest absolute Gasteiger partial charge is 0.507 e. The number of aliphatic hydroxyl groups excluding tert-OH is 1. The second-order valence-corrected chi connectivity index (χ2v) is 8.58. The van der Waals surface area contributed by atoms with Gasteiger partial charge in [0.15, 0.2) is 11.5 Å². The van der Waals surface area contributed by atoms with Crippen molar-refractivity contribution in [3.05, 3.63) is 83.4 Å². The first-order valence-electron chi connectivity index (χ1n) is 12.1. The van der Waals surface area contributed by atoms with Crippen LogP contribution in [0.15, 0.2) is 66.8 Å². The van der Waals surface area contributed by atoms with Gasteiger partial charge in [0.25, 0.3) is 11.7 Å². The van der Waals surface area contributed by atoms with Gasteiger partial charge in [-0.1, -0.05) is 35.9 Å². The van der Waals surface area contributed by atoms with E-state index in [1.165, 1.54) is 4.90 Å². The van der Waals surface area contributed by atoms with Gasteiger partial charge in [0.1, 0.15) is 5.76 Å². The van der Waals surface area contributed by atoms with Crippen LogP contribution in [0.1, 0.15) is 43.0 Å². The first-order valence-corrected chi connectivity index (χ1v) is 12.1. The maximum atomic E-state index is 13.3. The van der Waals surface area contributed by atoms with Gasteiger partial charge in [0.2, 0.25) is 0 Å². The number of aliphatic hydroxyl groups is 1. The Morgan fingerprint density at radius 1 is 1.00 bits per heavy atom. The monoisotopic (exact) mass is 489 g/mol. The molecule has 188 valence electrons. The summed E-state index contributed by atoms with van der Waals surface area (Å²) >= 11 is 0. The third-order valence-corrected chi connectivity index (χ3v) is 6.12. The first kappa shape index (κ1) is 25.0. The number of likely N-dealkylation sites (tertiary alicyclic amines) is 1. The SMILES string of the molecule is CCOc1ccc([C@@H]2C(=C(O)c3ccc(C)cc3)C(=O)C(=O)N2CCCn2ccnc2)cc1OCC. The van der Waals surface area contributed by atoms with Gasteiger partial charge in [-0.2, -0.15) is 0 Å². The average Bonchev–Trinajstić information content (AvgIpc) is 3.48. The second kappa shape index (κ2) is 11.1. The summed E-state index contributed by atoms with van der Waals surface area (Å²) in [5.41, 5.74) is 2.24. The molecule has 1 fully saturated rings. The predicted molar refractivity (Wildman–Crippen MR) is 136 cm³/mol. The number of ether oxygens (including phenoxy) is 2. The van der Waals surface area contributed by atoms with Crippen molar-refractivity contribution in [1.29, 1.82) is 0 Å². The Kier molecular flexibility index (Phi) is 7.73. The second-order valence-electron chi connectivity index (χ2n) is 8.58. The lowest BCUT2D eigenvalue weighted by molar-refractivity contribution is -0.139. The molecule has 2 aromatic carbocycles. The number of aryl methyl sites for hydroxylation is 2. The maximum absolute atomic E-state index is 13.3. The Morgan fingerprint density at radius 2 is 1.72 bits per heavy atom. The van der Waals surface area contributed by atoms with Crippen LogP contribution >= 0.6 is 0 Å². The summed E-state index contributed by atoms with van der Waals surface area (Å²) in [5.74, 6) is -0.420. The minimum Gasteiger partial charge on any atom is -0.507 e. The highest BCUT2D eigenvalue weighted by Crippen LogP contribution is 2.42. The standard InChI is InChI=1S/C28H31N3O5/c1-4-35-22-12-11-21(17-23(22)36-5-2)25-24(26(32)20-9-7-19(3)8-10-20)27(33)28(34)31(25)15-6-14-30-16-13-29-18-30/h7-13,16-18,25,32H,4-6,14-15H2,1-3H3/t25-/m1/s1. The number of carbonyl (C=O) groups is 2. The van der Waals surface area contributed by atoms with E-state index in [1.807, 2.05) is 49.7 Å². The summed E-state index contributed by atoms with van der Waals surface area (Å²) in [6.45, 7) is 7.58. The number of carbonyl (C=O) groups excluding carboxylic acids is 2. The van der Waals surface area contributed by atoms with Crippen molar-refractivity contribution in [2.24, 2.45) is 0 Å². The molecule has 36 heavy (non-hydrogen) atoms. The fourth-order valence-corrected chi connectivity index (χ4v) is 4.40. The van der Waals surface area contributed by atoms with Crippen molar-refractivity contribution in [3.63, 3.8) is 0 Å². The van der Waals surface area contributed by atoms with Crippen LogP contribution in [0.5, 0.6) is 11.5 Å². The normalized spacial score (nSPS) is 17.0. The van der Waals surface area contributed by atoms with Crippen molar-refractivity contribution >= 4 is 17.4 Å². The molecule has 0 unspecified atom stereocenters. The summed E-state index contributed by atoms with van der Waals surface area (Å²) in [7, 11) is 0. The van der Waals surface area contributed by atoms with Gasteiger partial charge in [-0.05, 0) is 44.9 Å². The molecular weight excluding hydrogens is 458 g/mol. The Labute approximate surface area is 210 Å². The molecule has 1 aliphatic rings. The molecule has 4 rings (SSSR count). The van der Waals surface area contributed by atoms with Crippen LogP contribution in [0, 0.1) is 6.92 Å². The molecule has 1 amide bonds. The van der Waals surface area contributed by atoms with Crippen molar-refractivity contribution in [2.45, 2.75) is 39.8 Å². The minimum atomic E-state index is -0.760. The van der Waals surface area contributed by atoms with E-state index in [4.69, 9.17) is 9.47 Å². The van der Waals surface area contributed by atoms with Gasteiger partial charge in [-0.3, -0.25) is 9.59 Å². The smallest absolute Gasteiger partial charge is 0.295 e. The third-order valence-electron chi connectivity index (χ3n) is 6.12. The fraction of sp³-hybridized carbons (Fsp3) is 0.321. The first-order chi connectivity index (χ1) is 17.4. The van der Waals surface area contributed by atoms with E-state index >= 15 is 0 Å². The number of hydrogen-bond acceptors (Lipinski definition) is 6. The zero-order valence-corrected chi connectivity index (χ0v) is 20.8. The van der Waals surface area contributed by atoms with Gasteiger partial charge in [0.05, 0.1) is 31.2 Å². The van der Waals surface area contributed by atoms with Gasteiger partial charge < -0.3 is 24.0 Å². The molecule has 1 aliphatic heterocycles. The highest BCUT2D eigenvalue weighted by atomic mass is 16.5. The Bertz CT molecular complexity index is 1250. The number of imidazole rings is 1. The third kappa shape index (κ3) is 5.12. The lowest BCUT2D eigenvalue weighted by Crippen LogP contribution is -2.31. The fourth-order valence-electron chi connectivity index (χ4n) is 4.40. The van der Waals surface area contributed by atoms with Gasteiger partial charge in [-0.25, -0.2) is 4.98 Å². The minimum absolute atomic E-state index is 0.0677. The molecule has 0 radical (unpaired) electrons. The molecule has 3 aromatic rings. The molecule has 0 bridgehead atoms. The van der Waals surface area contributed by atoms with E-state index in [9.17, 15) is 14.7 Å². The highest BCUT2D eigenvalue weighted by molar-refractivity contribution is 6.46. The summed E-state index contributed by atoms with van der Waals surface area (Å²) in [5, 5.41) is 11.2. The highest BCUT2D eigenvalue weighted by Gasteiger charge is 2.46. The molecule has 1 N–H and O–H groups in total. The molecule has 8 heteroatoms. The zero-order chi connectivity index (χ0) is 25.7. The van der Waals surface area contributed by atoms with E-state index in [0.717, 1.165) is 5.56 Å². The van der Waals surface area contributed by atoms with E-state index in [-0.39, 0.29) is 11.3 Å². The lowest BCUT2D eigenvalue weighted by atomic mass is 9.94. The van der Waals surface area contributed by atoms with E-state index < -0.39 is 17.7 Å². The molecule has 0 aliphatic carbocycles. The topological polar surface area (TPSA) is 93.9 Å². The summed E-state index contributed by atoms with van der Waals surface area (Å²) in [6, 6.07) is 11.8. The number of nitrogens with zero attached hydrogens (tertiary/aromatic N) is 3. The number of rotatable bonds is 10. The van der Waals surface area contributed by atoms with Crippen molar-refractivity contribution in [3.8, 4) is 11.5 Å². The number of benzene rings is 2. The number of Topliss-reactive ketones (excluding diaryl/α,β-unsaturated/α-hetero) is 1. The number of amides is 1. The molecule has 0 spiro atoms. The van der Waals surface area contributed by atoms with E-state index in [0.29, 0.717) is 55.4 Å². The van der Waals surface area contributed by atoms with Crippen LogP contribution in [-0.4, -0.2) is 51.0 Å². The molecule has 1 aromatic heterocycles. The van der Waals surface area contributed by atoms with Crippen molar-refractivity contribution < 1.29 is 24.2 Å². The van der Waals surface area contributed by atoms with Gasteiger partial charge in [0, 0.05) is 31.0 Å². The van der Waals surface area contributed by atoms with Crippen LogP contribution in [0.3, 0.4) is 0 Å². The molecule has 8 nitrogen and oxygen atoms in total. The van der Waals surface area contributed by atoms with Crippen molar-refractivity contribution in [1.82, 2.24) is 14.5 Å². The lowest BCUT2D eigenvalue weighted by Gasteiger charge is -2.26. The molecule has 0 saturated carbocycles. The van der Waals surface area contributed by atoms with Crippen LogP contribution in [0.25, 0.3) is 5.76 Å². The van der Waals surface area contributed by atoms with Crippen LogP contribution in [-0.2, 0) is 16.1 Å². The Morgan fingerprint density at radius 3 is 2.39 bits per heavy atom. The maximum Gasteiger partial charge on any atom is 0.295 e. The number of aromatic nitrogens is 2. The number of ketones is 1. The summed E-state index contributed by atoms with van der Waals surface area (Å²) in [4.78, 5) is 32.1. The Balaban J connectivity index is 1.77. The molecule has 1 atom stereocenters. The van der Waals surface area contributed by atoms with Crippen LogP contribution < -0.4 is 9.47 Å². The molecule has 1 saturated heterocycles. The van der Waals surface area contributed by atoms with E-state index in [2.05, 4.69) is 4.98 Å². The average molecular weight is 490 g/mol. The summed E-state index contributed by atoms with van der Waals surface area (Å²) < 4.78 is 13.4. The quantitative estimate of drug-likeness (QED) is 0.256. The summed E-state index contributed by atoms with van der Waals surface area (Å²) in [6.07, 6.45) is 5.87. The predicted octanol–water partition coefficient (Wildman–Crippen LogP) is 4.50. The molecular formula is C28H31N3O5. The number of hydrogen-bond donors (Lipinski definition) is 1. The van der Waals surface area contributed by atoms with Gasteiger partial charge in [-0.15, -0.1) is 0 Å². The molecule has 2 heterocycles. The van der Waals surface area contributed by atoms with E-state index in [1.54, 1.807) is 36.8 Å². The van der Waals surface area contributed by atoms with Gasteiger partial charge >= 0.3 is 0 Å². The van der Waals surface area contributed by atoms with Crippen LogP contribution in [0.2, 0.25) is 0 Å². The zero-order valence-electron chi connectivity index (χ0n) is 20.8. The van der Waals surface area contributed by atoms with Crippen LogP contribution in [0.4, 0.5) is 0 Å². The van der Waals surface area contributed by atoms with Crippen molar-refractivity contribution in [2.75, 3.05) is 19.8 Å². The Hall–Kier alpha value is -4.07.